The fourth-order valence-corrected chi connectivity index (χ4v) is 9.16. The minimum Gasteiger partial charge on any atom is -0.469 e. The molecule has 4 atom stereocenters. The number of rotatable bonds is 12. The lowest BCUT2D eigenvalue weighted by Crippen LogP contribution is -2.47. The molecule has 1 aromatic carbocycles. The first-order valence-electron chi connectivity index (χ1n) is 17.6. The third kappa shape index (κ3) is 7.82. The molecule has 0 aliphatic carbocycles. The van der Waals surface area contributed by atoms with Crippen molar-refractivity contribution in [1.29, 1.82) is 0 Å². The third-order valence-electron chi connectivity index (χ3n) is 10.4. The molecule has 9 nitrogen and oxygen atoms in total. The first-order valence-corrected chi connectivity index (χ1v) is 25.5. The molecule has 3 aliphatic rings. The van der Waals surface area contributed by atoms with Crippen LogP contribution in [-0.4, -0.2) is 103 Å². The van der Waals surface area contributed by atoms with Crippen molar-refractivity contribution in [1.82, 2.24) is 9.55 Å². The van der Waals surface area contributed by atoms with E-state index in [1.807, 2.05) is 21.8 Å². The van der Waals surface area contributed by atoms with Crippen LogP contribution in [0, 0.1) is 11.6 Å². The van der Waals surface area contributed by atoms with E-state index in [0.29, 0.717) is 63.2 Å². The Bertz CT molecular complexity index is 1650. The summed E-state index contributed by atoms with van der Waals surface area (Å²) in [6.45, 7) is 22.0. The van der Waals surface area contributed by atoms with Gasteiger partial charge in [-0.3, -0.25) is 4.57 Å². The second-order valence-corrected chi connectivity index (χ2v) is 27.4. The van der Waals surface area contributed by atoms with Gasteiger partial charge in [0, 0.05) is 33.5 Å². The second-order valence-electron chi connectivity index (χ2n) is 16.2. The van der Waals surface area contributed by atoms with E-state index in [2.05, 4.69) is 53.5 Å². The standard InChI is InChI=1S/C36H53F2N3O6SSi2/c1-36(2,3)50(8,9)47-29-21-45-32-28(20-44-33(29)32)46-35-34(48-4)31-27(41(35)22-43-16-17-49(5,6)7)11-10-26(39-31)30-24(37)18-23(19-25(30)38)40-12-14-42-15-13-40/h10-11,18-19,28-29,32-33H,12-17,20-22H2,1-9H3/t28-,29?,32-,33-/m1/s1. The van der Waals surface area contributed by atoms with Gasteiger partial charge in [-0.25, -0.2) is 13.8 Å². The number of benzene rings is 1. The van der Waals surface area contributed by atoms with Crippen LogP contribution >= 0.6 is 11.8 Å². The fourth-order valence-electron chi connectivity index (χ4n) is 6.41. The summed E-state index contributed by atoms with van der Waals surface area (Å²) in [7, 11) is -3.37. The molecule has 0 bridgehead atoms. The van der Waals surface area contributed by atoms with Crippen LogP contribution in [0.3, 0.4) is 0 Å². The van der Waals surface area contributed by atoms with Gasteiger partial charge in [-0.15, -0.1) is 11.8 Å². The Hall–Kier alpha value is -2.05. The lowest BCUT2D eigenvalue weighted by Gasteiger charge is -2.39. The number of hydrogen-bond donors (Lipinski definition) is 0. The lowest BCUT2D eigenvalue weighted by atomic mass is 10.1. The average Bonchev–Trinajstić information content (AvgIpc) is 3.71. The van der Waals surface area contributed by atoms with Crippen molar-refractivity contribution in [2.75, 3.05) is 57.3 Å². The number of fused-ring (bicyclic) bond motifs is 2. The first-order chi connectivity index (χ1) is 23.6. The van der Waals surface area contributed by atoms with Gasteiger partial charge in [-0.2, -0.15) is 0 Å². The molecule has 276 valence electrons. The van der Waals surface area contributed by atoms with E-state index in [4.69, 9.17) is 33.1 Å². The molecule has 6 rings (SSSR count). The summed E-state index contributed by atoms with van der Waals surface area (Å²) in [4.78, 5) is 7.58. The molecule has 3 aromatic rings. The first kappa shape index (κ1) is 37.7. The Balaban J connectivity index is 1.32. The van der Waals surface area contributed by atoms with Crippen molar-refractivity contribution in [3.8, 4) is 17.1 Å². The van der Waals surface area contributed by atoms with E-state index >= 15 is 8.78 Å². The van der Waals surface area contributed by atoms with Crippen LogP contribution in [0.2, 0.25) is 43.8 Å². The van der Waals surface area contributed by atoms with Gasteiger partial charge in [0.1, 0.15) is 36.1 Å². The molecule has 2 aromatic heterocycles. The molecule has 1 unspecified atom stereocenters. The minimum absolute atomic E-state index is 0.0612. The van der Waals surface area contributed by atoms with Gasteiger partial charge in [-0.05, 0) is 54.7 Å². The molecule has 3 aliphatic heterocycles. The van der Waals surface area contributed by atoms with Crippen molar-refractivity contribution >= 4 is 44.9 Å². The maximum Gasteiger partial charge on any atom is 0.212 e. The molecule has 3 saturated heterocycles. The fraction of sp³-hybridized carbons (Fsp3) is 0.639. The zero-order chi connectivity index (χ0) is 36.0. The van der Waals surface area contributed by atoms with E-state index < -0.39 is 28.0 Å². The van der Waals surface area contributed by atoms with Crippen molar-refractivity contribution in [2.45, 2.75) is 101 Å². The van der Waals surface area contributed by atoms with Gasteiger partial charge in [-0.1, -0.05) is 40.4 Å². The van der Waals surface area contributed by atoms with E-state index in [1.165, 1.54) is 23.9 Å². The molecule has 0 spiro atoms. The number of aromatic nitrogens is 2. The number of thioether (sulfide) groups is 1. The number of hydrogen-bond acceptors (Lipinski definition) is 9. The SMILES string of the molecule is CSc1c(O[C@@H]2CO[C@@H]3C(O[Si](C)(C)C(C)(C)C)CO[C@@H]32)n(COCC[Si](C)(C)C)c2ccc(-c3c(F)cc(N4CCOCC4)cc3F)nc12. The summed E-state index contributed by atoms with van der Waals surface area (Å²) >= 11 is 1.48. The van der Waals surface area contributed by atoms with Gasteiger partial charge in [0.25, 0.3) is 0 Å². The van der Waals surface area contributed by atoms with Crippen LogP contribution in [0.15, 0.2) is 29.2 Å². The number of morpholine rings is 1. The smallest absolute Gasteiger partial charge is 0.212 e. The Morgan fingerprint density at radius 3 is 2.22 bits per heavy atom. The van der Waals surface area contributed by atoms with Crippen LogP contribution < -0.4 is 9.64 Å². The van der Waals surface area contributed by atoms with Gasteiger partial charge >= 0.3 is 0 Å². The van der Waals surface area contributed by atoms with E-state index in [-0.39, 0.29) is 47.4 Å². The highest BCUT2D eigenvalue weighted by atomic mass is 32.2. The normalized spacial score (nSPS) is 23.2. The summed E-state index contributed by atoms with van der Waals surface area (Å²) in [5.74, 6) is -0.728. The molecule has 5 heterocycles. The predicted molar refractivity (Wildman–Crippen MR) is 200 cm³/mol. The summed E-state index contributed by atoms with van der Waals surface area (Å²) in [5.41, 5.74) is 1.91. The molecule has 14 heteroatoms. The van der Waals surface area contributed by atoms with Crippen LogP contribution in [0.25, 0.3) is 22.3 Å². The summed E-state index contributed by atoms with van der Waals surface area (Å²) in [6, 6.07) is 7.31. The Morgan fingerprint density at radius 2 is 1.60 bits per heavy atom. The second kappa shape index (κ2) is 14.8. The summed E-state index contributed by atoms with van der Waals surface area (Å²) < 4.78 is 71.2. The van der Waals surface area contributed by atoms with Gasteiger partial charge in [0.15, 0.2) is 14.4 Å². The maximum absolute atomic E-state index is 15.7. The Kier molecular flexibility index (Phi) is 11.1. The van der Waals surface area contributed by atoms with Crippen molar-refractivity contribution in [2.24, 2.45) is 0 Å². The largest absolute Gasteiger partial charge is 0.469 e. The number of pyridine rings is 1. The van der Waals surface area contributed by atoms with Crippen LogP contribution in [0.1, 0.15) is 20.8 Å². The lowest BCUT2D eigenvalue weighted by molar-refractivity contribution is 0.00760. The van der Waals surface area contributed by atoms with Crippen LogP contribution in [-0.2, 0) is 30.1 Å². The Morgan fingerprint density at radius 1 is 0.960 bits per heavy atom. The zero-order valence-electron chi connectivity index (χ0n) is 30.9. The highest BCUT2D eigenvalue weighted by Crippen LogP contribution is 2.44. The quantitative estimate of drug-likeness (QED) is 0.105. The maximum atomic E-state index is 15.7. The van der Waals surface area contributed by atoms with Crippen molar-refractivity contribution in [3.63, 3.8) is 0 Å². The summed E-state index contributed by atoms with van der Waals surface area (Å²) in [5, 5.41) is 0.0612. The van der Waals surface area contributed by atoms with E-state index in [1.54, 1.807) is 6.07 Å². The van der Waals surface area contributed by atoms with Crippen molar-refractivity contribution in [3.05, 3.63) is 35.9 Å². The number of nitrogens with zero attached hydrogens (tertiary/aromatic N) is 3. The molecule has 0 N–H and O–H groups in total. The molecular weight excluding hydrogens is 697 g/mol. The number of ether oxygens (including phenoxy) is 5. The number of halogens is 2. The van der Waals surface area contributed by atoms with Gasteiger partial charge < -0.3 is 33.0 Å². The van der Waals surface area contributed by atoms with E-state index in [0.717, 1.165) is 16.5 Å². The Labute approximate surface area is 301 Å². The average molecular weight is 750 g/mol. The zero-order valence-corrected chi connectivity index (χ0v) is 33.8. The highest BCUT2D eigenvalue weighted by molar-refractivity contribution is 7.99. The molecule has 0 saturated carbocycles. The van der Waals surface area contributed by atoms with Gasteiger partial charge in [0.2, 0.25) is 5.88 Å². The van der Waals surface area contributed by atoms with Crippen LogP contribution in [0.4, 0.5) is 14.5 Å². The summed E-state index contributed by atoms with van der Waals surface area (Å²) in [6.07, 6.45) is 0.887. The number of anilines is 1. The third-order valence-corrected chi connectivity index (χ3v) is 17.4. The molecule has 50 heavy (non-hydrogen) atoms. The van der Waals surface area contributed by atoms with Crippen LogP contribution in [0.5, 0.6) is 5.88 Å². The van der Waals surface area contributed by atoms with Crippen molar-refractivity contribution < 1.29 is 36.9 Å². The molecular formula is C36H53F2N3O6SSi2. The predicted octanol–water partition coefficient (Wildman–Crippen LogP) is 7.79. The monoisotopic (exact) mass is 749 g/mol. The van der Waals surface area contributed by atoms with E-state index in [9.17, 15) is 0 Å². The highest BCUT2D eigenvalue weighted by Gasteiger charge is 2.52. The molecule has 0 radical (unpaired) electrons. The molecule has 0 amide bonds. The minimum atomic E-state index is -2.05. The topological polar surface area (TPSA) is 76.4 Å². The molecule has 3 fully saturated rings. The van der Waals surface area contributed by atoms with Gasteiger partial charge in [0.05, 0.1) is 54.2 Å².